The van der Waals surface area contributed by atoms with E-state index >= 15 is 0 Å². The van der Waals surface area contributed by atoms with Crippen LogP contribution in [-0.2, 0) is 6.18 Å². The van der Waals surface area contributed by atoms with E-state index in [0.29, 0.717) is 18.9 Å². The zero-order valence-electron chi connectivity index (χ0n) is 9.22. The van der Waals surface area contributed by atoms with E-state index < -0.39 is 11.7 Å². The predicted molar refractivity (Wildman–Crippen MR) is 58.5 cm³/mol. The molecule has 0 aromatic carbocycles. The molecule has 6 heteroatoms. The Labute approximate surface area is 97.2 Å². The molecule has 0 spiro atoms. The van der Waals surface area contributed by atoms with Crippen molar-refractivity contribution >= 4 is 5.82 Å². The van der Waals surface area contributed by atoms with Crippen LogP contribution in [0.3, 0.4) is 0 Å². The van der Waals surface area contributed by atoms with E-state index in [0.717, 1.165) is 25.1 Å². The van der Waals surface area contributed by atoms with Gasteiger partial charge in [0.25, 0.3) is 0 Å². The number of rotatable bonds is 4. The maximum absolute atomic E-state index is 12.3. The Morgan fingerprint density at radius 1 is 1.35 bits per heavy atom. The molecule has 94 valence electrons. The summed E-state index contributed by atoms with van der Waals surface area (Å²) in [7, 11) is 0. The van der Waals surface area contributed by atoms with Crippen LogP contribution in [0.25, 0.3) is 0 Å². The number of halogens is 3. The van der Waals surface area contributed by atoms with E-state index in [-0.39, 0.29) is 5.41 Å². The fraction of sp³-hybridized carbons (Fsp3) is 0.545. The van der Waals surface area contributed by atoms with Crippen LogP contribution in [0.5, 0.6) is 0 Å². The third-order valence-corrected chi connectivity index (χ3v) is 3.13. The standard InChI is InChI=1S/C11H14F3N3/c12-11(13,14)8-1-2-9(16-5-8)17-7-10(6-15)3-4-10/h1-2,5H,3-4,6-7,15H2,(H,16,17). The molecule has 1 aliphatic rings. The second kappa shape index (κ2) is 4.18. The zero-order chi connectivity index (χ0) is 12.5. The lowest BCUT2D eigenvalue weighted by molar-refractivity contribution is -0.137. The summed E-state index contributed by atoms with van der Waals surface area (Å²) in [5.41, 5.74) is 5.00. The van der Waals surface area contributed by atoms with E-state index in [2.05, 4.69) is 10.3 Å². The minimum absolute atomic E-state index is 0.129. The average Bonchev–Trinajstić information content (AvgIpc) is 3.06. The van der Waals surface area contributed by atoms with E-state index in [9.17, 15) is 13.2 Å². The van der Waals surface area contributed by atoms with Gasteiger partial charge in [-0.2, -0.15) is 13.2 Å². The Kier molecular flexibility index (Phi) is 2.99. The minimum atomic E-state index is -4.33. The number of pyridine rings is 1. The Morgan fingerprint density at radius 2 is 2.06 bits per heavy atom. The molecule has 0 radical (unpaired) electrons. The lowest BCUT2D eigenvalue weighted by atomic mass is 10.1. The van der Waals surface area contributed by atoms with E-state index in [1.165, 1.54) is 6.07 Å². The van der Waals surface area contributed by atoms with Gasteiger partial charge in [-0.25, -0.2) is 4.98 Å². The zero-order valence-corrected chi connectivity index (χ0v) is 9.22. The number of alkyl halides is 3. The second-order valence-corrected chi connectivity index (χ2v) is 4.49. The van der Waals surface area contributed by atoms with Crippen LogP contribution < -0.4 is 11.1 Å². The number of hydrogen-bond acceptors (Lipinski definition) is 3. The van der Waals surface area contributed by atoms with Crippen molar-refractivity contribution in [3.05, 3.63) is 23.9 Å². The summed E-state index contributed by atoms with van der Waals surface area (Å²) in [6, 6.07) is 2.37. The number of nitrogens with zero attached hydrogens (tertiary/aromatic N) is 1. The molecule has 1 saturated carbocycles. The number of nitrogens with two attached hydrogens (primary N) is 1. The van der Waals surface area contributed by atoms with Crippen LogP contribution in [0.4, 0.5) is 19.0 Å². The van der Waals surface area contributed by atoms with Crippen molar-refractivity contribution in [2.45, 2.75) is 19.0 Å². The number of hydrogen-bond donors (Lipinski definition) is 2. The van der Waals surface area contributed by atoms with E-state index in [4.69, 9.17) is 5.73 Å². The molecule has 0 bridgehead atoms. The van der Waals surface area contributed by atoms with Crippen molar-refractivity contribution in [2.75, 3.05) is 18.4 Å². The van der Waals surface area contributed by atoms with Crippen LogP contribution in [0.1, 0.15) is 18.4 Å². The van der Waals surface area contributed by atoms with E-state index in [1.54, 1.807) is 0 Å². The smallest absolute Gasteiger partial charge is 0.369 e. The third kappa shape index (κ3) is 2.88. The molecule has 0 saturated heterocycles. The molecule has 1 fully saturated rings. The van der Waals surface area contributed by atoms with Crippen LogP contribution in [-0.4, -0.2) is 18.1 Å². The first-order chi connectivity index (χ1) is 7.95. The van der Waals surface area contributed by atoms with Gasteiger partial charge in [0.2, 0.25) is 0 Å². The summed E-state index contributed by atoms with van der Waals surface area (Å²) >= 11 is 0. The lowest BCUT2D eigenvalue weighted by Gasteiger charge is -2.14. The fourth-order valence-electron chi connectivity index (χ4n) is 1.57. The molecule has 0 aliphatic heterocycles. The SMILES string of the molecule is NCC1(CNc2ccc(C(F)(F)F)cn2)CC1. The number of aromatic nitrogens is 1. The number of anilines is 1. The molecular weight excluding hydrogens is 231 g/mol. The van der Waals surface area contributed by atoms with Crippen molar-refractivity contribution in [1.29, 1.82) is 0 Å². The summed E-state index contributed by atoms with van der Waals surface area (Å²) in [5, 5.41) is 3.02. The van der Waals surface area contributed by atoms with Crippen LogP contribution >= 0.6 is 0 Å². The maximum atomic E-state index is 12.3. The molecule has 17 heavy (non-hydrogen) atoms. The second-order valence-electron chi connectivity index (χ2n) is 4.49. The highest BCUT2D eigenvalue weighted by atomic mass is 19.4. The monoisotopic (exact) mass is 245 g/mol. The normalized spacial score (nSPS) is 17.9. The Balaban J connectivity index is 1.94. The highest BCUT2D eigenvalue weighted by Gasteiger charge is 2.40. The van der Waals surface area contributed by atoms with E-state index in [1.807, 2.05) is 0 Å². The first-order valence-electron chi connectivity index (χ1n) is 5.42. The summed E-state index contributed by atoms with van der Waals surface area (Å²) in [5.74, 6) is 0.456. The van der Waals surface area contributed by atoms with Gasteiger partial charge in [-0.05, 0) is 36.9 Å². The van der Waals surface area contributed by atoms with Crippen molar-refractivity contribution in [3.63, 3.8) is 0 Å². The van der Waals surface area contributed by atoms with Gasteiger partial charge < -0.3 is 11.1 Å². The predicted octanol–water partition coefficient (Wildman–Crippen LogP) is 2.25. The summed E-state index contributed by atoms with van der Waals surface area (Å²) in [6.45, 7) is 1.27. The molecule has 1 aliphatic carbocycles. The van der Waals surface area contributed by atoms with Gasteiger partial charge in [0.1, 0.15) is 5.82 Å². The third-order valence-electron chi connectivity index (χ3n) is 3.13. The summed E-state index contributed by atoms with van der Waals surface area (Å²) in [6.07, 6.45) is -1.36. The molecule has 3 nitrogen and oxygen atoms in total. The van der Waals surface area contributed by atoms with Gasteiger partial charge in [0, 0.05) is 12.7 Å². The van der Waals surface area contributed by atoms with Gasteiger partial charge >= 0.3 is 6.18 Å². The van der Waals surface area contributed by atoms with Crippen LogP contribution in [0.2, 0.25) is 0 Å². The topological polar surface area (TPSA) is 50.9 Å². The quantitative estimate of drug-likeness (QED) is 0.855. The first-order valence-corrected chi connectivity index (χ1v) is 5.42. The fourth-order valence-corrected chi connectivity index (χ4v) is 1.57. The molecule has 2 rings (SSSR count). The molecule has 1 heterocycles. The molecule has 0 unspecified atom stereocenters. The Hall–Kier alpha value is -1.30. The van der Waals surface area contributed by atoms with Crippen molar-refractivity contribution in [2.24, 2.45) is 11.1 Å². The Morgan fingerprint density at radius 3 is 2.47 bits per heavy atom. The van der Waals surface area contributed by atoms with Crippen molar-refractivity contribution in [3.8, 4) is 0 Å². The van der Waals surface area contributed by atoms with Gasteiger partial charge in [-0.1, -0.05) is 0 Å². The van der Waals surface area contributed by atoms with Crippen molar-refractivity contribution < 1.29 is 13.2 Å². The average molecular weight is 245 g/mol. The molecular formula is C11H14F3N3. The highest BCUT2D eigenvalue weighted by molar-refractivity contribution is 5.36. The van der Waals surface area contributed by atoms with Gasteiger partial charge in [-0.15, -0.1) is 0 Å². The number of nitrogens with one attached hydrogen (secondary N) is 1. The first kappa shape index (κ1) is 12.2. The molecule has 0 atom stereocenters. The maximum Gasteiger partial charge on any atom is 0.417 e. The minimum Gasteiger partial charge on any atom is -0.369 e. The Bertz CT molecular complexity index is 382. The summed E-state index contributed by atoms with van der Waals surface area (Å²) in [4.78, 5) is 3.74. The highest BCUT2D eigenvalue weighted by Crippen LogP contribution is 2.44. The van der Waals surface area contributed by atoms with Gasteiger partial charge in [0.05, 0.1) is 5.56 Å². The van der Waals surface area contributed by atoms with Crippen molar-refractivity contribution in [1.82, 2.24) is 4.98 Å². The molecule has 1 aromatic heterocycles. The molecule has 3 N–H and O–H groups in total. The largest absolute Gasteiger partial charge is 0.417 e. The molecule has 1 aromatic rings. The van der Waals surface area contributed by atoms with Gasteiger partial charge in [-0.3, -0.25) is 0 Å². The van der Waals surface area contributed by atoms with Gasteiger partial charge in [0.15, 0.2) is 0 Å². The molecule has 0 amide bonds. The lowest BCUT2D eigenvalue weighted by Crippen LogP contribution is -2.24. The summed E-state index contributed by atoms with van der Waals surface area (Å²) < 4.78 is 36.8. The van der Waals surface area contributed by atoms with Crippen LogP contribution in [0.15, 0.2) is 18.3 Å². The van der Waals surface area contributed by atoms with Crippen LogP contribution in [0, 0.1) is 5.41 Å².